The number of benzene rings is 3. The standard InChI is InChI=1S/C36H36O17/c1-47-21-12-22(40)26-23(13-21)50-30(18-5-9-20(39)10-6-18)31(28(26)43)52-34-32(29(44)27(42)24(14-37)51-34)53-35-33(45)36(46,16-49-35)15-48-25(41)11-4-17-2-7-19(38)8-3-17/h2-13,24,27,29,32-35,37-40,42,44-46H,14-16H2,1H3. The molecule has 8 unspecified atom stereocenters. The molecule has 0 bridgehead atoms. The number of carbonyl (C=O) groups excluding carboxylic acids is 1. The summed E-state index contributed by atoms with van der Waals surface area (Å²) in [6, 6.07) is 13.8. The number of phenolic OH excluding ortho intramolecular Hbond substituents is 3. The minimum atomic E-state index is -2.21. The van der Waals surface area contributed by atoms with Crippen LogP contribution in [-0.2, 0) is 23.7 Å². The lowest BCUT2D eigenvalue weighted by Crippen LogP contribution is -2.62. The van der Waals surface area contributed by atoms with Crippen molar-refractivity contribution in [3.8, 4) is 40.1 Å². The number of fused-ring (bicyclic) bond motifs is 1. The van der Waals surface area contributed by atoms with Gasteiger partial charge in [-0.1, -0.05) is 12.1 Å². The smallest absolute Gasteiger partial charge is 0.330 e. The third kappa shape index (κ3) is 7.78. The molecule has 4 aromatic rings. The van der Waals surface area contributed by atoms with Crippen molar-refractivity contribution in [2.75, 3.05) is 26.9 Å². The fourth-order valence-corrected chi connectivity index (χ4v) is 5.74. The molecule has 3 heterocycles. The van der Waals surface area contributed by atoms with E-state index < -0.39 is 91.4 Å². The summed E-state index contributed by atoms with van der Waals surface area (Å²) in [5.74, 6) is -2.15. The zero-order chi connectivity index (χ0) is 38.0. The quantitative estimate of drug-likeness (QED) is 0.0768. The first-order chi connectivity index (χ1) is 25.3. The Morgan fingerprint density at radius 2 is 1.64 bits per heavy atom. The lowest BCUT2D eigenvalue weighted by atomic mass is 9.98. The van der Waals surface area contributed by atoms with Gasteiger partial charge >= 0.3 is 5.97 Å². The average Bonchev–Trinajstić information content (AvgIpc) is 3.43. The van der Waals surface area contributed by atoms with E-state index in [1.165, 1.54) is 55.7 Å². The molecule has 8 atom stereocenters. The second-order valence-corrected chi connectivity index (χ2v) is 12.3. The second kappa shape index (κ2) is 15.4. The van der Waals surface area contributed by atoms with Crippen LogP contribution in [0.2, 0.25) is 0 Å². The lowest BCUT2D eigenvalue weighted by Gasteiger charge is -2.42. The molecule has 2 aliphatic rings. The maximum Gasteiger partial charge on any atom is 0.330 e. The highest BCUT2D eigenvalue weighted by Crippen LogP contribution is 2.39. The van der Waals surface area contributed by atoms with E-state index in [2.05, 4.69) is 0 Å². The zero-order valence-corrected chi connectivity index (χ0v) is 27.8. The Labute approximate surface area is 299 Å². The topological polar surface area (TPSA) is 264 Å². The van der Waals surface area contributed by atoms with Crippen molar-refractivity contribution in [3.63, 3.8) is 0 Å². The van der Waals surface area contributed by atoms with Gasteiger partial charge in [0, 0.05) is 23.8 Å². The molecule has 0 amide bonds. The minimum absolute atomic E-state index is 0.0340. The van der Waals surface area contributed by atoms with Crippen LogP contribution in [0.1, 0.15) is 5.56 Å². The molecule has 17 nitrogen and oxygen atoms in total. The number of carbonyl (C=O) groups is 1. The Kier molecular flexibility index (Phi) is 10.9. The van der Waals surface area contributed by atoms with Gasteiger partial charge in [0.05, 0.1) is 20.3 Å². The molecule has 0 spiro atoms. The molecule has 1 aromatic heterocycles. The van der Waals surface area contributed by atoms with E-state index in [4.69, 9.17) is 32.8 Å². The number of aliphatic hydroxyl groups is 5. The average molecular weight is 741 g/mol. The molecule has 17 heteroatoms. The summed E-state index contributed by atoms with van der Waals surface area (Å²) < 4.78 is 39.3. The Bertz CT molecular complexity index is 2010. The number of aromatic hydroxyl groups is 3. The van der Waals surface area contributed by atoms with Crippen molar-refractivity contribution >= 4 is 23.0 Å². The van der Waals surface area contributed by atoms with Gasteiger partial charge in [0.1, 0.15) is 65.0 Å². The molecule has 0 aliphatic carbocycles. The predicted octanol–water partition coefficient (Wildman–Crippen LogP) is 0.493. The molecule has 282 valence electrons. The Hall–Kier alpha value is -5.24. The lowest BCUT2D eigenvalue weighted by molar-refractivity contribution is -0.319. The van der Waals surface area contributed by atoms with Crippen LogP contribution in [0.5, 0.6) is 28.7 Å². The molecule has 53 heavy (non-hydrogen) atoms. The van der Waals surface area contributed by atoms with Crippen LogP contribution >= 0.6 is 0 Å². The summed E-state index contributed by atoms with van der Waals surface area (Å²) in [6.07, 6.45) is -10.0. The van der Waals surface area contributed by atoms with Crippen LogP contribution < -0.4 is 14.9 Å². The van der Waals surface area contributed by atoms with E-state index in [0.29, 0.717) is 5.56 Å². The van der Waals surface area contributed by atoms with Crippen LogP contribution in [0.15, 0.2) is 76.0 Å². The Balaban J connectivity index is 1.27. The summed E-state index contributed by atoms with van der Waals surface area (Å²) in [7, 11) is 1.34. The number of phenols is 3. The van der Waals surface area contributed by atoms with Gasteiger partial charge in [-0.3, -0.25) is 4.79 Å². The number of hydrogen-bond acceptors (Lipinski definition) is 17. The number of esters is 1. The highest BCUT2D eigenvalue weighted by atomic mass is 16.8. The summed E-state index contributed by atoms with van der Waals surface area (Å²) in [4.78, 5) is 26.3. The van der Waals surface area contributed by atoms with E-state index in [9.17, 15) is 50.4 Å². The SMILES string of the molecule is COc1cc(O)c2c(=O)c(OC3OC(CO)C(O)C(O)C3OC3OCC(O)(COC(=O)C=Cc4ccc(O)cc4)C3O)c(-c3ccc(O)cc3)oc2c1. The first-order valence-electron chi connectivity index (χ1n) is 16.1. The van der Waals surface area contributed by atoms with Crippen LogP contribution in [0, 0.1) is 0 Å². The monoisotopic (exact) mass is 740 g/mol. The first kappa shape index (κ1) is 37.5. The molecule has 2 aliphatic heterocycles. The third-order valence-corrected chi connectivity index (χ3v) is 8.70. The van der Waals surface area contributed by atoms with E-state index >= 15 is 0 Å². The molecule has 3 aromatic carbocycles. The van der Waals surface area contributed by atoms with Crippen LogP contribution in [-0.4, -0.2) is 122 Å². The van der Waals surface area contributed by atoms with Gasteiger partial charge in [-0.2, -0.15) is 0 Å². The molecule has 6 rings (SSSR count). The predicted molar refractivity (Wildman–Crippen MR) is 180 cm³/mol. The maximum atomic E-state index is 14.0. The van der Waals surface area contributed by atoms with Gasteiger partial charge in [0.25, 0.3) is 0 Å². The first-order valence-corrected chi connectivity index (χ1v) is 16.1. The van der Waals surface area contributed by atoms with Crippen molar-refractivity contribution in [1.82, 2.24) is 0 Å². The van der Waals surface area contributed by atoms with E-state index in [1.54, 1.807) is 12.1 Å². The molecular formula is C36H36O17. The number of methoxy groups -OCH3 is 1. The normalized spacial score (nSPS) is 27.2. The summed E-state index contributed by atoms with van der Waals surface area (Å²) in [6.45, 7) is -2.20. The van der Waals surface area contributed by atoms with Crippen LogP contribution in [0.25, 0.3) is 28.4 Å². The van der Waals surface area contributed by atoms with E-state index in [0.717, 1.165) is 12.1 Å². The molecule has 8 N–H and O–H groups in total. The summed E-state index contributed by atoms with van der Waals surface area (Å²) in [5, 5.41) is 83.6. The number of hydrogen-bond donors (Lipinski definition) is 8. The van der Waals surface area contributed by atoms with Crippen molar-refractivity contribution in [1.29, 1.82) is 0 Å². The molecule has 0 saturated carbocycles. The Morgan fingerprint density at radius 1 is 0.962 bits per heavy atom. The van der Waals surface area contributed by atoms with Crippen LogP contribution in [0.3, 0.4) is 0 Å². The largest absolute Gasteiger partial charge is 0.508 e. The molecule has 2 fully saturated rings. The third-order valence-electron chi connectivity index (χ3n) is 8.70. The second-order valence-electron chi connectivity index (χ2n) is 12.3. The van der Waals surface area contributed by atoms with Gasteiger partial charge < -0.3 is 73.7 Å². The van der Waals surface area contributed by atoms with Gasteiger partial charge in [-0.05, 0) is 48.0 Å². The molecular weight excluding hydrogens is 704 g/mol. The molecule has 2 saturated heterocycles. The van der Waals surface area contributed by atoms with Gasteiger partial charge in [0.2, 0.25) is 17.5 Å². The fraction of sp³-hybridized carbons (Fsp3) is 0.333. The van der Waals surface area contributed by atoms with Gasteiger partial charge in [-0.15, -0.1) is 0 Å². The van der Waals surface area contributed by atoms with E-state index in [1.807, 2.05) is 0 Å². The summed E-state index contributed by atoms with van der Waals surface area (Å²) >= 11 is 0. The molecule has 0 radical (unpaired) electrons. The van der Waals surface area contributed by atoms with Crippen molar-refractivity contribution in [2.24, 2.45) is 0 Å². The fourth-order valence-electron chi connectivity index (χ4n) is 5.74. The summed E-state index contributed by atoms with van der Waals surface area (Å²) in [5.41, 5.74) is -2.47. The highest BCUT2D eigenvalue weighted by molar-refractivity contribution is 5.88. The maximum absolute atomic E-state index is 14.0. The van der Waals surface area contributed by atoms with Gasteiger partial charge in [-0.25, -0.2) is 4.79 Å². The van der Waals surface area contributed by atoms with Crippen molar-refractivity contribution in [2.45, 2.75) is 48.7 Å². The highest BCUT2D eigenvalue weighted by Gasteiger charge is 2.54. The number of aliphatic hydroxyl groups excluding tert-OH is 4. The van der Waals surface area contributed by atoms with Crippen LogP contribution in [0.4, 0.5) is 0 Å². The Morgan fingerprint density at radius 3 is 2.30 bits per heavy atom. The zero-order valence-electron chi connectivity index (χ0n) is 27.8. The van der Waals surface area contributed by atoms with Gasteiger partial charge in [0.15, 0.2) is 23.8 Å². The number of rotatable bonds is 11. The minimum Gasteiger partial charge on any atom is -0.508 e. The van der Waals surface area contributed by atoms with Crippen molar-refractivity contribution in [3.05, 3.63) is 82.5 Å². The van der Waals surface area contributed by atoms with E-state index in [-0.39, 0.29) is 39.5 Å². The van der Waals surface area contributed by atoms with Crippen molar-refractivity contribution < 1.29 is 78.5 Å². The number of ether oxygens (including phenoxy) is 6.